The lowest BCUT2D eigenvalue weighted by molar-refractivity contribution is -0.108. The highest BCUT2D eigenvalue weighted by molar-refractivity contribution is 6.05. The van der Waals surface area contributed by atoms with E-state index in [0.717, 1.165) is 30.6 Å². The van der Waals surface area contributed by atoms with Gasteiger partial charge < -0.3 is 20.2 Å². The van der Waals surface area contributed by atoms with Crippen molar-refractivity contribution in [1.82, 2.24) is 9.78 Å². The van der Waals surface area contributed by atoms with E-state index in [9.17, 15) is 9.59 Å². The predicted octanol–water partition coefficient (Wildman–Crippen LogP) is 0.807. The van der Waals surface area contributed by atoms with Gasteiger partial charge in [-0.25, -0.2) is 0 Å². The molecule has 7 heteroatoms. The number of hydrogen-bond acceptors (Lipinski definition) is 5. The molecule has 0 unspecified atom stereocenters. The molecule has 7 nitrogen and oxygen atoms in total. The summed E-state index contributed by atoms with van der Waals surface area (Å²) in [5.74, 6) is -0.594. The van der Waals surface area contributed by atoms with Crippen molar-refractivity contribution in [2.45, 2.75) is 14.0 Å². The van der Waals surface area contributed by atoms with Crippen molar-refractivity contribution in [2.24, 2.45) is 5.73 Å². The number of aldehydes is 1. The summed E-state index contributed by atoms with van der Waals surface area (Å²) in [6.07, 6.45) is 0.743. The Morgan fingerprint density at radius 1 is 1.36 bits per heavy atom. The van der Waals surface area contributed by atoms with Crippen LogP contribution in [0.4, 0.5) is 5.69 Å². The first-order valence-electron chi connectivity index (χ1n) is 6.77. The van der Waals surface area contributed by atoms with Gasteiger partial charge in [0, 0.05) is 24.2 Å². The van der Waals surface area contributed by atoms with Crippen LogP contribution < -0.4 is 10.6 Å². The second kappa shape index (κ2) is 6.57. The summed E-state index contributed by atoms with van der Waals surface area (Å²) in [4.78, 5) is 24.4. The van der Waals surface area contributed by atoms with Gasteiger partial charge >= 0.3 is 0 Å². The van der Waals surface area contributed by atoms with Gasteiger partial charge in [0.25, 0.3) is 5.91 Å². The maximum Gasteiger partial charge on any atom is 0.269 e. The van der Waals surface area contributed by atoms with Gasteiger partial charge in [0.1, 0.15) is 6.29 Å². The zero-order valence-electron chi connectivity index (χ0n) is 11.5. The average Bonchev–Trinajstić information content (AvgIpc) is 2.87. The Labute approximate surface area is 128 Å². The first-order chi connectivity index (χ1) is 10.2. The zero-order valence-corrected chi connectivity index (χ0v) is 11.5. The van der Waals surface area contributed by atoms with Crippen molar-refractivity contribution in [3.05, 3.63) is 23.9 Å². The Balaban J connectivity index is 0.00000176. The maximum absolute atomic E-state index is 11.5. The monoisotopic (exact) mass is 304 g/mol. The Hall–Kier alpha value is -2.41. The normalized spacial score (nSPS) is 14.6. The molecule has 118 valence electrons. The van der Waals surface area contributed by atoms with Gasteiger partial charge in [-0.15, -0.1) is 0 Å². The fourth-order valence-electron chi connectivity index (χ4n) is 2.58. The molecule has 0 radical (unpaired) electrons. The predicted molar refractivity (Wildman–Crippen MR) is 84.1 cm³/mol. The highest BCUT2D eigenvalue weighted by Crippen LogP contribution is 2.25. The van der Waals surface area contributed by atoms with E-state index in [-0.39, 0.29) is 19.7 Å². The molecule has 0 atom stereocenters. The number of morpholine rings is 1. The number of hydrogen-bond donors (Lipinski definition) is 1. The molecule has 1 aromatic heterocycles. The quantitative estimate of drug-likeness (QED) is 0.844. The van der Waals surface area contributed by atoms with E-state index in [4.69, 9.17) is 10.5 Å². The van der Waals surface area contributed by atoms with Crippen LogP contribution >= 0.6 is 0 Å². The molecule has 1 aliphatic rings. The highest BCUT2D eigenvalue weighted by atomic mass is 16.5. The lowest BCUT2D eigenvalue weighted by atomic mass is 10.1. The van der Waals surface area contributed by atoms with Crippen LogP contribution in [0.2, 0.25) is 0 Å². The van der Waals surface area contributed by atoms with Crippen molar-refractivity contribution in [1.29, 1.82) is 0 Å². The molecule has 2 N–H and O–H groups in total. The third-order valence-electron chi connectivity index (χ3n) is 3.59. The van der Waals surface area contributed by atoms with Crippen molar-refractivity contribution in [3.8, 4) is 0 Å². The summed E-state index contributed by atoms with van der Waals surface area (Å²) in [5, 5.41) is 4.81. The number of carbonyl (C=O) groups is 2. The van der Waals surface area contributed by atoms with Crippen LogP contribution in [0.15, 0.2) is 18.2 Å². The number of primary amides is 1. The summed E-state index contributed by atoms with van der Waals surface area (Å²) in [5.41, 5.74) is 7.31. The number of ether oxygens (including phenoxy) is 1. The first-order valence-corrected chi connectivity index (χ1v) is 6.77. The van der Waals surface area contributed by atoms with Gasteiger partial charge in [-0.05, 0) is 18.2 Å². The third kappa shape index (κ3) is 2.80. The van der Waals surface area contributed by atoms with Gasteiger partial charge in [0.15, 0.2) is 5.69 Å². The molecule has 1 amide bonds. The molecule has 3 rings (SSSR count). The number of benzene rings is 1. The topological polar surface area (TPSA) is 90.5 Å². The SMILES string of the molecule is C.NC(=O)c1nn(CC=O)c2ccc(N3CCOCC3)cc12. The second-order valence-electron chi connectivity index (χ2n) is 4.86. The van der Waals surface area contributed by atoms with Crippen molar-refractivity contribution >= 4 is 28.8 Å². The number of carbonyl (C=O) groups excluding carboxylic acids is 2. The van der Waals surface area contributed by atoms with E-state index in [1.54, 1.807) is 0 Å². The molecule has 2 aromatic rings. The van der Waals surface area contributed by atoms with Gasteiger partial charge in [0.2, 0.25) is 0 Å². The van der Waals surface area contributed by atoms with Crippen LogP contribution in [-0.2, 0) is 16.1 Å². The van der Waals surface area contributed by atoms with E-state index < -0.39 is 5.91 Å². The molecule has 1 aromatic carbocycles. The standard InChI is InChI=1S/C14H16N4O3.CH4/c15-14(20)13-11-9-10(17-4-7-21-8-5-17)1-2-12(11)18(16-13)3-6-19;/h1-2,6,9H,3-5,7-8H2,(H2,15,20);1H4. The van der Waals surface area contributed by atoms with Gasteiger partial charge in [-0.1, -0.05) is 7.43 Å². The minimum Gasteiger partial charge on any atom is -0.378 e. The van der Waals surface area contributed by atoms with Gasteiger partial charge in [-0.3, -0.25) is 9.48 Å². The van der Waals surface area contributed by atoms with E-state index in [1.165, 1.54) is 4.68 Å². The highest BCUT2D eigenvalue weighted by Gasteiger charge is 2.17. The Kier molecular flexibility index (Phi) is 4.77. The molecule has 0 bridgehead atoms. The van der Waals surface area contributed by atoms with Crippen LogP contribution in [0.1, 0.15) is 17.9 Å². The molecule has 0 aliphatic carbocycles. The van der Waals surface area contributed by atoms with E-state index in [2.05, 4.69) is 10.00 Å². The molecule has 1 fully saturated rings. The summed E-state index contributed by atoms with van der Waals surface area (Å²) >= 11 is 0. The number of amides is 1. The number of rotatable bonds is 4. The summed E-state index contributed by atoms with van der Waals surface area (Å²) in [6.45, 7) is 3.08. The molecule has 1 aliphatic heterocycles. The van der Waals surface area contributed by atoms with Crippen LogP contribution in [0, 0.1) is 0 Å². The Morgan fingerprint density at radius 2 is 2.09 bits per heavy atom. The maximum atomic E-state index is 11.5. The Bertz CT molecular complexity index is 689. The number of anilines is 1. The van der Waals surface area contributed by atoms with E-state index in [0.29, 0.717) is 18.6 Å². The minimum absolute atomic E-state index is 0. The largest absolute Gasteiger partial charge is 0.378 e. The second-order valence-corrected chi connectivity index (χ2v) is 4.86. The minimum atomic E-state index is -0.594. The van der Waals surface area contributed by atoms with Crippen LogP contribution in [0.5, 0.6) is 0 Å². The lowest BCUT2D eigenvalue weighted by Crippen LogP contribution is -2.36. The molecular formula is C15H20N4O3. The van der Waals surface area contributed by atoms with E-state index in [1.807, 2.05) is 18.2 Å². The number of nitrogens with two attached hydrogens (primary N) is 1. The van der Waals surface area contributed by atoms with Crippen LogP contribution in [-0.4, -0.2) is 48.3 Å². The number of fused-ring (bicyclic) bond motifs is 1. The molecular weight excluding hydrogens is 284 g/mol. The molecule has 22 heavy (non-hydrogen) atoms. The van der Waals surface area contributed by atoms with Crippen LogP contribution in [0.25, 0.3) is 10.9 Å². The smallest absolute Gasteiger partial charge is 0.269 e. The first kappa shape index (κ1) is 16.0. The molecule has 0 spiro atoms. The fraction of sp³-hybridized carbons (Fsp3) is 0.400. The lowest BCUT2D eigenvalue weighted by Gasteiger charge is -2.28. The summed E-state index contributed by atoms with van der Waals surface area (Å²) < 4.78 is 6.83. The van der Waals surface area contributed by atoms with E-state index >= 15 is 0 Å². The number of nitrogens with zero attached hydrogens (tertiary/aromatic N) is 3. The summed E-state index contributed by atoms with van der Waals surface area (Å²) in [7, 11) is 0. The zero-order chi connectivity index (χ0) is 14.8. The summed E-state index contributed by atoms with van der Waals surface area (Å²) in [6, 6.07) is 5.72. The van der Waals surface area contributed by atoms with Crippen LogP contribution in [0.3, 0.4) is 0 Å². The van der Waals surface area contributed by atoms with Crippen molar-refractivity contribution in [2.75, 3.05) is 31.2 Å². The average molecular weight is 304 g/mol. The fourth-order valence-corrected chi connectivity index (χ4v) is 2.58. The van der Waals surface area contributed by atoms with Gasteiger partial charge in [-0.2, -0.15) is 5.10 Å². The number of aromatic nitrogens is 2. The van der Waals surface area contributed by atoms with Gasteiger partial charge in [0.05, 0.1) is 25.3 Å². The molecule has 1 saturated heterocycles. The Morgan fingerprint density at radius 3 is 2.73 bits per heavy atom. The third-order valence-corrected chi connectivity index (χ3v) is 3.59. The van der Waals surface area contributed by atoms with Crippen molar-refractivity contribution in [3.63, 3.8) is 0 Å². The molecule has 0 saturated carbocycles. The molecule has 2 heterocycles. The van der Waals surface area contributed by atoms with Crippen molar-refractivity contribution < 1.29 is 14.3 Å².